The Morgan fingerprint density at radius 1 is 1.33 bits per heavy atom. The van der Waals surface area contributed by atoms with Crippen molar-refractivity contribution in [1.29, 1.82) is 0 Å². The van der Waals surface area contributed by atoms with E-state index in [-0.39, 0.29) is 18.1 Å². The average Bonchev–Trinajstić information content (AvgIpc) is 2.86. The Morgan fingerprint density at radius 3 is 2.59 bits per heavy atom. The third-order valence-corrected chi connectivity index (χ3v) is 5.23. The van der Waals surface area contributed by atoms with E-state index in [1.807, 2.05) is 0 Å². The fraction of sp³-hybridized carbons (Fsp3) is 0.500. The minimum atomic E-state index is -1.36. The molecule has 2 aliphatic rings. The smallest absolute Gasteiger partial charge is 0.325 e. The number of urea groups is 1. The van der Waals surface area contributed by atoms with E-state index in [4.69, 9.17) is 0 Å². The number of nitrogens with zero attached hydrogens (tertiary/aromatic N) is 3. The zero-order valence-electron chi connectivity index (χ0n) is 15.3. The van der Waals surface area contributed by atoms with Crippen LogP contribution >= 0.6 is 0 Å². The molecule has 2 atom stereocenters. The van der Waals surface area contributed by atoms with Crippen molar-refractivity contribution in [2.75, 3.05) is 19.6 Å². The van der Waals surface area contributed by atoms with Gasteiger partial charge in [0.1, 0.15) is 12.1 Å². The summed E-state index contributed by atoms with van der Waals surface area (Å²) in [6, 6.07) is 4.80. The van der Waals surface area contributed by atoms with Crippen molar-refractivity contribution in [3.8, 4) is 0 Å². The van der Waals surface area contributed by atoms with Gasteiger partial charge in [0, 0.05) is 25.2 Å². The lowest BCUT2D eigenvalue weighted by atomic mass is 9.92. The summed E-state index contributed by atoms with van der Waals surface area (Å²) in [5, 5.41) is 13.4. The van der Waals surface area contributed by atoms with Crippen molar-refractivity contribution >= 4 is 23.5 Å². The summed E-state index contributed by atoms with van der Waals surface area (Å²) in [6.45, 7) is 4.55. The molecule has 4 amide bonds. The van der Waals surface area contributed by atoms with Crippen LogP contribution in [0.4, 0.5) is 10.5 Å². The van der Waals surface area contributed by atoms with Gasteiger partial charge in [-0.2, -0.15) is 0 Å². The molecule has 0 aliphatic carbocycles. The Kier molecular flexibility index (Phi) is 4.86. The molecule has 1 N–H and O–H groups in total. The number of likely N-dealkylation sites (tertiary alicyclic amines) is 1. The zero-order chi connectivity index (χ0) is 19.8. The highest BCUT2D eigenvalue weighted by molar-refractivity contribution is 6.09. The van der Waals surface area contributed by atoms with E-state index in [0.29, 0.717) is 24.6 Å². The Balaban J connectivity index is 1.75. The number of non-ortho nitro benzene ring substituents is 1. The van der Waals surface area contributed by atoms with Crippen molar-refractivity contribution in [3.05, 3.63) is 39.9 Å². The Hall–Kier alpha value is -2.97. The molecule has 0 aromatic heterocycles. The topological polar surface area (TPSA) is 113 Å². The van der Waals surface area contributed by atoms with Gasteiger partial charge in [0.05, 0.1) is 4.92 Å². The lowest BCUT2D eigenvalue weighted by Crippen LogP contribution is -2.47. The van der Waals surface area contributed by atoms with Crippen LogP contribution in [0.1, 0.15) is 32.3 Å². The van der Waals surface area contributed by atoms with E-state index in [1.54, 1.807) is 4.90 Å². The molecular formula is C18H22N4O5. The summed E-state index contributed by atoms with van der Waals surface area (Å²) in [5.41, 5.74) is -1.04. The number of carbonyl (C=O) groups excluding carboxylic acids is 3. The molecular weight excluding hydrogens is 352 g/mol. The van der Waals surface area contributed by atoms with Crippen LogP contribution in [-0.4, -0.2) is 52.2 Å². The van der Waals surface area contributed by atoms with Crippen LogP contribution in [0.25, 0.3) is 0 Å². The van der Waals surface area contributed by atoms with Gasteiger partial charge < -0.3 is 10.2 Å². The van der Waals surface area contributed by atoms with Crippen LogP contribution in [0.3, 0.4) is 0 Å². The molecule has 0 bridgehead atoms. The highest BCUT2D eigenvalue weighted by Gasteiger charge is 2.49. The van der Waals surface area contributed by atoms with Crippen LogP contribution in [0.15, 0.2) is 24.3 Å². The third kappa shape index (κ3) is 3.49. The van der Waals surface area contributed by atoms with Crippen molar-refractivity contribution < 1.29 is 19.3 Å². The second-order valence-corrected chi connectivity index (χ2v) is 7.34. The van der Waals surface area contributed by atoms with Gasteiger partial charge in [0.2, 0.25) is 5.91 Å². The van der Waals surface area contributed by atoms with Crippen LogP contribution in [0.5, 0.6) is 0 Å². The van der Waals surface area contributed by atoms with Gasteiger partial charge in [-0.1, -0.05) is 6.92 Å². The van der Waals surface area contributed by atoms with E-state index in [2.05, 4.69) is 12.2 Å². The molecule has 2 saturated heterocycles. The van der Waals surface area contributed by atoms with Gasteiger partial charge in [-0.15, -0.1) is 0 Å². The number of hydrogen-bond acceptors (Lipinski definition) is 5. The summed E-state index contributed by atoms with van der Waals surface area (Å²) in [7, 11) is 0. The van der Waals surface area contributed by atoms with Crippen LogP contribution in [0, 0.1) is 16.0 Å². The molecule has 2 fully saturated rings. The number of nitro benzene ring substituents is 1. The molecule has 2 aliphatic heterocycles. The largest absolute Gasteiger partial charge is 0.341 e. The number of nitrogens with one attached hydrogen (secondary N) is 1. The maximum absolute atomic E-state index is 12.9. The highest BCUT2D eigenvalue weighted by atomic mass is 16.6. The van der Waals surface area contributed by atoms with Crippen molar-refractivity contribution in [3.63, 3.8) is 0 Å². The molecule has 9 heteroatoms. The molecule has 1 aromatic rings. The monoisotopic (exact) mass is 374 g/mol. The number of rotatable bonds is 4. The van der Waals surface area contributed by atoms with Crippen molar-refractivity contribution in [2.24, 2.45) is 5.92 Å². The third-order valence-electron chi connectivity index (χ3n) is 5.23. The molecule has 0 radical (unpaired) electrons. The maximum atomic E-state index is 12.9. The molecule has 144 valence electrons. The number of benzene rings is 1. The number of hydrogen-bond donors (Lipinski definition) is 1. The predicted molar refractivity (Wildman–Crippen MR) is 95.7 cm³/mol. The first-order valence-electron chi connectivity index (χ1n) is 8.89. The van der Waals surface area contributed by atoms with E-state index in [0.717, 1.165) is 17.7 Å². The predicted octanol–water partition coefficient (Wildman–Crippen LogP) is 1.62. The second-order valence-electron chi connectivity index (χ2n) is 7.34. The van der Waals surface area contributed by atoms with Crippen LogP contribution in [0.2, 0.25) is 0 Å². The summed E-state index contributed by atoms with van der Waals surface area (Å²) >= 11 is 0. The molecule has 2 heterocycles. The first-order valence-corrected chi connectivity index (χ1v) is 8.89. The normalized spacial score (nSPS) is 25.5. The molecule has 0 saturated carbocycles. The number of nitro groups is 1. The lowest BCUT2D eigenvalue weighted by Gasteiger charge is -2.31. The lowest BCUT2D eigenvalue weighted by molar-refractivity contribution is -0.384. The summed E-state index contributed by atoms with van der Waals surface area (Å²) in [4.78, 5) is 50.6. The molecule has 3 rings (SSSR count). The summed E-state index contributed by atoms with van der Waals surface area (Å²) < 4.78 is 0. The first kappa shape index (κ1) is 18.8. The Labute approximate surface area is 156 Å². The van der Waals surface area contributed by atoms with E-state index < -0.39 is 22.4 Å². The second kappa shape index (κ2) is 6.98. The number of carbonyl (C=O) groups is 3. The standard InChI is InChI=1S/C18H22N4O5/c1-12-4-3-9-20(10-12)15(23)11-21-16(24)18(2,19-17(21)25)13-5-7-14(8-6-13)22(26)27/h5-8,12H,3-4,9-11H2,1-2H3,(H,19,25)/t12-,18+/m0/s1. The molecule has 0 unspecified atom stereocenters. The molecule has 1 aromatic carbocycles. The number of piperidine rings is 1. The SMILES string of the molecule is C[C@H]1CCCN(C(=O)CN2C(=O)N[C@](C)(c3ccc([N+](=O)[O-])cc3)C2=O)C1. The van der Waals surface area contributed by atoms with E-state index in [9.17, 15) is 24.5 Å². The minimum Gasteiger partial charge on any atom is -0.341 e. The Bertz CT molecular complexity index is 793. The fourth-order valence-corrected chi connectivity index (χ4v) is 3.60. The maximum Gasteiger partial charge on any atom is 0.325 e. The van der Waals surface area contributed by atoms with Gasteiger partial charge in [-0.3, -0.25) is 24.6 Å². The van der Waals surface area contributed by atoms with Gasteiger partial charge in [-0.05, 0) is 43.4 Å². The minimum absolute atomic E-state index is 0.106. The highest BCUT2D eigenvalue weighted by Crippen LogP contribution is 2.30. The molecule has 9 nitrogen and oxygen atoms in total. The quantitative estimate of drug-likeness (QED) is 0.489. The van der Waals surface area contributed by atoms with Crippen LogP contribution < -0.4 is 5.32 Å². The summed E-state index contributed by atoms with van der Waals surface area (Å²) in [5.74, 6) is -0.394. The molecule has 27 heavy (non-hydrogen) atoms. The van der Waals surface area contributed by atoms with Crippen LogP contribution in [-0.2, 0) is 15.1 Å². The zero-order valence-corrected chi connectivity index (χ0v) is 15.3. The van der Waals surface area contributed by atoms with Gasteiger partial charge >= 0.3 is 6.03 Å². The van der Waals surface area contributed by atoms with Gasteiger partial charge in [0.15, 0.2) is 0 Å². The average molecular weight is 374 g/mol. The van der Waals surface area contributed by atoms with Crippen molar-refractivity contribution in [1.82, 2.24) is 15.1 Å². The van der Waals surface area contributed by atoms with E-state index in [1.165, 1.54) is 31.2 Å². The Morgan fingerprint density at radius 2 is 2.00 bits per heavy atom. The van der Waals surface area contributed by atoms with Gasteiger partial charge in [-0.25, -0.2) is 4.79 Å². The summed E-state index contributed by atoms with van der Waals surface area (Å²) in [6.07, 6.45) is 1.97. The van der Waals surface area contributed by atoms with Gasteiger partial charge in [0.25, 0.3) is 11.6 Å². The van der Waals surface area contributed by atoms with E-state index >= 15 is 0 Å². The molecule has 0 spiro atoms. The number of amides is 4. The van der Waals surface area contributed by atoms with Crippen molar-refractivity contribution in [2.45, 2.75) is 32.2 Å². The first-order chi connectivity index (χ1) is 12.7. The fourth-order valence-electron chi connectivity index (χ4n) is 3.60. The number of imide groups is 1.